The Morgan fingerprint density at radius 3 is 2.69 bits per heavy atom. The molecular weight excluding hydrogens is 370 g/mol. The summed E-state index contributed by atoms with van der Waals surface area (Å²) in [6, 6.07) is 7.84. The first-order valence-corrected chi connectivity index (χ1v) is 10.2. The minimum Gasteiger partial charge on any atom is -0.496 e. The van der Waals surface area contributed by atoms with Crippen LogP contribution in [-0.4, -0.2) is 38.2 Å². The predicted octanol–water partition coefficient (Wildman–Crippen LogP) is 3.39. The van der Waals surface area contributed by atoms with Gasteiger partial charge < -0.3 is 19.5 Å². The van der Waals surface area contributed by atoms with E-state index < -0.39 is 0 Å². The first-order valence-electron chi connectivity index (χ1n) is 10.2. The minimum absolute atomic E-state index is 0.0634. The number of benzene rings is 1. The van der Waals surface area contributed by atoms with Crippen LogP contribution in [0.15, 0.2) is 46.8 Å². The summed E-state index contributed by atoms with van der Waals surface area (Å²) in [4.78, 5) is 25.7. The molecule has 0 amide bonds. The number of carbonyl (C=O) groups is 2. The number of nitrogens with one attached hydrogen (secondary N) is 1. The van der Waals surface area contributed by atoms with Crippen molar-refractivity contribution < 1.29 is 23.8 Å². The van der Waals surface area contributed by atoms with E-state index in [1.807, 2.05) is 31.2 Å². The van der Waals surface area contributed by atoms with Crippen LogP contribution < -0.4 is 10.1 Å². The molecule has 29 heavy (non-hydrogen) atoms. The molecule has 3 aliphatic rings. The van der Waals surface area contributed by atoms with Gasteiger partial charge in [-0.25, -0.2) is 4.79 Å². The van der Waals surface area contributed by atoms with Crippen LogP contribution in [0.2, 0.25) is 0 Å². The first-order chi connectivity index (χ1) is 14.1. The molecule has 0 spiro atoms. The Morgan fingerprint density at radius 1 is 1.17 bits per heavy atom. The zero-order valence-electron chi connectivity index (χ0n) is 17.0. The van der Waals surface area contributed by atoms with Gasteiger partial charge in [-0.3, -0.25) is 4.79 Å². The van der Waals surface area contributed by atoms with Crippen LogP contribution in [0.3, 0.4) is 0 Å². The quantitative estimate of drug-likeness (QED) is 0.785. The van der Waals surface area contributed by atoms with Crippen molar-refractivity contribution in [1.82, 2.24) is 5.32 Å². The van der Waals surface area contributed by atoms with Gasteiger partial charge in [-0.05, 0) is 25.0 Å². The molecule has 0 saturated carbocycles. The van der Waals surface area contributed by atoms with Gasteiger partial charge in [-0.2, -0.15) is 0 Å². The fourth-order valence-corrected chi connectivity index (χ4v) is 4.37. The number of methoxy groups -OCH3 is 1. The number of Topliss-reactive ketones (excluding diaryl/α,β-unsaturated/α-hetero) is 1. The average Bonchev–Trinajstić information content (AvgIpc) is 2.73. The van der Waals surface area contributed by atoms with E-state index >= 15 is 0 Å². The van der Waals surface area contributed by atoms with Gasteiger partial charge in [-0.15, -0.1) is 0 Å². The zero-order valence-corrected chi connectivity index (χ0v) is 17.0. The van der Waals surface area contributed by atoms with E-state index in [4.69, 9.17) is 14.2 Å². The molecule has 154 valence electrons. The van der Waals surface area contributed by atoms with E-state index in [0.717, 1.165) is 42.0 Å². The number of ketones is 1. The first kappa shape index (κ1) is 19.7. The Morgan fingerprint density at radius 2 is 1.93 bits per heavy atom. The highest BCUT2D eigenvalue weighted by atomic mass is 16.6. The molecule has 0 aromatic heterocycles. The molecular formula is C23H27NO5. The van der Waals surface area contributed by atoms with Crippen molar-refractivity contribution >= 4 is 11.8 Å². The second kappa shape index (κ2) is 8.41. The third kappa shape index (κ3) is 4.08. The molecule has 1 saturated heterocycles. The van der Waals surface area contributed by atoms with Crippen molar-refractivity contribution in [2.24, 2.45) is 0 Å². The van der Waals surface area contributed by atoms with Crippen molar-refractivity contribution in [3.63, 3.8) is 0 Å². The summed E-state index contributed by atoms with van der Waals surface area (Å²) in [5.74, 6) is 0.623. The standard InChI is InChI=1S/C23H27NO5/c1-14-18(23(26)29-16-7-9-28-10-8-16)13-19-20(24-14)11-15(12-21(19)25)17-5-3-4-6-22(17)27-2/h3-6,15-16,24H,7-13H2,1-2H3. The van der Waals surface area contributed by atoms with Crippen LogP contribution in [-0.2, 0) is 19.1 Å². The van der Waals surface area contributed by atoms with E-state index in [1.165, 1.54) is 0 Å². The van der Waals surface area contributed by atoms with E-state index in [-0.39, 0.29) is 23.8 Å². The smallest absolute Gasteiger partial charge is 0.336 e. The SMILES string of the molecule is COc1ccccc1C1CC(=O)C2=C(C1)NC(C)=C(C(=O)OC1CCOCC1)C2. The number of rotatable bonds is 4. The van der Waals surface area contributed by atoms with Gasteiger partial charge in [0.1, 0.15) is 11.9 Å². The predicted molar refractivity (Wildman–Crippen MR) is 107 cm³/mol. The molecule has 1 fully saturated rings. The fourth-order valence-electron chi connectivity index (χ4n) is 4.37. The van der Waals surface area contributed by atoms with E-state index in [9.17, 15) is 9.59 Å². The fraction of sp³-hybridized carbons (Fsp3) is 0.478. The third-order valence-corrected chi connectivity index (χ3v) is 5.99. The number of esters is 1. The molecule has 0 radical (unpaired) electrons. The summed E-state index contributed by atoms with van der Waals surface area (Å²) in [5, 5.41) is 3.33. The van der Waals surface area contributed by atoms with Crippen molar-refractivity contribution in [3.8, 4) is 5.75 Å². The van der Waals surface area contributed by atoms with Crippen molar-refractivity contribution in [2.45, 2.75) is 51.0 Å². The molecule has 0 bridgehead atoms. The number of ether oxygens (including phenoxy) is 3. The van der Waals surface area contributed by atoms with Gasteiger partial charge in [0.15, 0.2) is 5.78 Å². The maximum atomic E-state index is 12.9. The van der Waals surface area contributed by atoms with Crippen LogP contribution in [0.25, 0.3) is 0 Å². The van der Waals surface area contributed by atoms with Crippen LogP contribution >= 0.6 is 0 Å². The largest absolute Gasteiger partial charge is 0.496 e. The summed E-state index contributed by atoms with van der Waals surface area (Å²) >= 11 is 0. The topological polar surface area (TPSA) is 73.9 Å². The summed E-state index contributed by atoms with van der Waals surface area (Å²) in [6.45, 7) is 3.11. The Hall–Kier alpha value is -2.60. The second-order valence-corrected chi connectivity index (χ2v) is 7.85. The second-order valence-electron chi connectivity index (χ2n) is 7.85. The molecule has 1 aromatic carbocycles. The molecule has 4 rings (SSSR count). The Kier molecular flexibility index (Phi) is 5.72. The van der Waals surface area contributed by atoms with Gasteiger partial charge in [0.25, 0.3) is 0 Å². The lowest BCUT2D eigenvalue weighted by atomic mass is 9.78. The van der Waals surface area contributed by atoms with Gasteiger partial charge >= 0.3 is 5.97 Å². The number of allylic oxidation sites excluding steroid dienone is 3. The lowest BCUT2D eigenvalue weighted by molar-refractivity contribution is -0.148. The highest BCUT2D eigenvalue weighted by Crippen LogP contribution is 2.41. The zero-order chi connectivity index (χ0) is 20.4. The van der Waals surface area contributed by atoms with Gasteiger partial charge in [0.05, 0.1) is 25.9 Å². The van der Waals surface area contributed by atoms with Crippen LogP contribution in [0.4, 0.5) is 0 Å². The number of hydrogen-bond acceptors (Lipinski definition) is 6. The summed E-state index contributed by atoms with van der Waals surface area (Å²) in [7, 11) is 1.65. The maximum absolute atomic E-state index is 12.9. The number of hydrogen-bond donors (Lipinski definition) is 1. The average molecular weight is 397 g/mol. The monoisotopic (exact) mass is 397 g/mol. The van der Waals surface area contributed by atoms with E-state index in [2.05, 4.69) is 5.32 Å². The van der Waals surface area contributed by atoms with Crippen LogP contribution in [0.5, 0.6) is 5.75 Å². The van der Waals surface area contributed by atoms with E-state index in [0.29, 0.717) is 37.2 Å². The lowest BCUT2D eigenvalue weighted by Crippen LogP contribution is -2.33. The Balaban J connectivity index is 1.49. The summed E-state index contributed by atoms with van der Waals surface area (Å²) in [5.41, 5.74) is 4.00. The van der Waals surface area contributed by atoms with Gasteiger partial charge in [0, 0.05) is 48.6 Å². The van der Waals surface area contributed by atoms with Crippen LogP contribution in [0, 0.1) is 0 Å². The molecule has 6 nitrogen and oxygen atoms in total. The number of dihydropyridines is 1. The molecule has 2 heterocycles. The van der Waals surface area contributed by atoms with Crippen molar-refractivity contribution in [1.29, 1.82) is 0 Å². The Bertz CT molecular complexity index is 879. The molecule has 2 aliphatic heterocycles. The Labute approximate surface area is 170 Å². The van der Waals surface area contributed by atoms with Crippen molar-refractivity contribution in [2.75, 3.05) is 20.3 Å². The molecule has 1 N–H and O–H groups in total. The highest BCUT2D eigenvalue weighted by molar-refractivity contribution is 6.01. The lowest BCUT2D eigenvalue weighted by Gasteiger charge is -2.32. The van der Waals surface area contributed by atoms with E-state index in [1.54, 1.807) is 7.11 Å². The molecule has 1 atom stereocenters. The molecule has 1 aliphatic carbocycles. The molecule has 1 aromatic rings. The summed E-state index contributed by atoms with van der Waals surface area (Å²) in [6.07, 6.45) is 2.82. The molecule has 6 heteroatoms. The maximum Gasteiger partial charge on any atom is 0.336 e. The molecule has 1 unspecified atom stereocenters. The third-order valence-electron chi connectivity index (χ3n) is 5.99. The highest BCUT2D eigenvalue weighted by Gasteiger charge is 2.35. The van der Waals surface area contributed by atoms with Crippen molar-refractivity contribution in [3.05, 3.63) is 52.4 Å². The van der Waals surface area contributed by atoms with Gasteiger partial charge in [0.2, 0.25) is 0 Å². The summed E-state index contributed by atoms with van der Waals surface area (Å²) < 4.78 is 16.5. The van der Waals surface area contributed by atoms with Crippen LogP contribution in [0.1, 0.15) is 50.5 Å². The minimum atomic E-state index is -0.326. The van der Waals surface area contributed by atoms with Gasteiger partial charge in [-0.1, -0.05) is 18.2 Å². The number of carbonyl (C=O) groups excluding carboxylic acids is 2. The number of para-hydroxylation sites is 1. The normalized spacial score (nSPS) is 22.8.